The molecule has 0 saturated carbocycles. The second-order valence-electron chi connectivity index (χ2n) is 6.70. The summed E-state index contributed by atoms with van der Waals surface area (Å²) in [4.78, 5) is 12.3. The van der Waals surface area contributed by atoms with Crippen LogP contribution in [0.25, 0.3) is 0 Å². The van der Waals surface area contributed by atoms with Crippen LogP contribution in [0, 0.1) is 33.6 Å². The monoisotopic (exact) mass is 314 g/mol. The Kier molecular flexibility index (Phi) is 5.24. The first kappa shape index (κ1) is 17.3. The highest BCUT2D eigenvalue weighted by atomic mass is 16.5. The quantitative estimate of drug-likeness (QED) is 0.620. The number of carbonyl (C=O) groups is 1. The minimum Gasteiger partial charge on any atom is -0.426 e. The summed E-state index contributed by atoms with van der Waals surface area (Å²) >= 11 is 0. The molecule has 0 radical (unpaired) electrons. The molecule has 2 rings (SSSR count). The molecular weight excluding hydrogens is 288 g/mol. The molecular formula is C19H26N2O2. The average Bonchev–Trinajstić information content (AvgIpc) is 2.64. The maximum atomic E-state index is 12.3. The molecule has 0 atom stereocenters. The van der Waals surface area contributed by atoms with Crippen molar-refractivity contribution in [1.29, 1.82) is 0 Å². The van der Waals surface area contributed by atoms with Crippen molar-refractivity contribution in [2.24, 2.45) is 5.92 Å². The molecule has 1 heterocycles. The summed E-state index contributed by atoms with van der Waals surface area (Å²) in [6, 6.07) is 5.82. The molecule has 23 heavy (non-hydrogen) atoms. The van der Waals surface area contributed by atoms with Crippen molar-refractivity contribution < 1.29 is 9.53 Å². The minimum absolute atomic E-state index is 0.245. The molecule has 4 heteroatoms. The third-order valence-corrected chi connectivity index (χ3v) is 3.82. The van der Waals surface area contributed by atoms with E-state index in [9.17, 15) is 4.79 Å². The number of aromatic nitrogens is 2. The Bertz CT molecular complexity index is 694. The van der Waals surface area contributed by atoms with Crippen molar-refractivity contribution >= 4 is 5.97 Å². The Morgan fingerprint density at radius 3 is 2.30 bits per heavy atom. The number of rotatable bonds is 5. The minimum atomic E-state index is -0.245. The fourth-order valence-corrected chi connectivity index (χ4v) is 2.82. The van der Waals surface area contributed by atoms with E-state index < -0.39 is 0 Å². The molecule has 0 spiro atoms. The Hall–Kier alpha value is -2.10. The predicted molar refractivity (Wildman–Crippen MR) is 91.8 cm³/mol. The van der Waals surface area contributed by atoms with E-state index >= 15 is 0 Å². The van der Waals surface area contributed by atoms with Gasteiger partial charge in [-0.2, -0.15) is 5.10 Å². The van der Waals surface area contributed by atoms with Gasteiger partial charge in [-0.05, 0) is 56.9 Å². The Morgan fingerprint density at radius 1 is 1.13 bits per heavy atom. The van der Waals surface area contributed by atoms with E-state index in [0.717, 1.165) is 34.6 Å². The number of carbonyl (C=O) groups excluding carboxylic acids is 1. The van der Waals surface area contributed by atoms with Gasteiger partial charge in [0.1, 0.15) is 5.75 Å². The molecule has 124 valence electrons. The summed E-state index contributed by atoms with van der Waals surface area (Å²) in [5.74, 6) is 0.880. The second-order valence-corrected chi connectivity index (χ2v) is 6.70. The van der Waals surface area contributed by atoms with E-state index in [1.807, 2.05) is 44.5 Å². The van der Waals surface area contributed by atoms with Gasteiger partial charge in [-0.15, -0.1) is 0 Å². The molecule has 2 aromatic rings. The van der Waals surface area contributed by atoms with Crippen molar-refractivity contribution in [1.82, 2.24) is 9.78 Å². The summed E-state index contributed by atoms with van der Waals surface area (Å²) in [5, 5.41) is 4.55. The second kappa shape index (κ2) is 6.99. The third-order valence-electron chi connectivity index (χ3n) is 3.82. The fraction of sp³-hybridized carbons (Fsp3) is 0.474. The number of hydrogen-bond donors (Lipinski definition) is 0. The first-order valence-electron chi connectivity index (χ1n) is 8.08. The predicted octanol–water partition coefficient (Wildman–Crippen LogP) is 3.92. The van der Waals surface area contributed by atoms with Gasteiger partial charge in [0.05, 0.1) is 12.1 Å². The van der Waals surface area contributed by atoms with E-state index in [2.05, 4.69) is 25.0 Å². The van der Waals surface area contributed by atoms with Crippen LogP contribution in [0.4, 0.5) is 0 Å². The van der Waals surface area contributed by atoms with Crippen molar-refractivity contribution in [3.63, 3.8) is 0 Å². The van der Waals surface area contributed by atoms with Gasteiger partial charge in [0.15, 0.2) is 0 Å². The van der Waals surface area contributed by atoms with Crippen LogP contribution >= 0.6 is 0 Å². The molecule has 0 aliphatic heterocycles. The van der Waals surface area contributed by atoms with Gasteiger partial charge in [0.2, 0.25) is 0 Å². The molecule has 0 N–H and O–H groups in total. The van der Waals surface area contributed by atoms with Gasteiger partial charge in [0, 0.05) is 17.8 Å². The molecule has 0 fully saturated rings. The van der Waals surface area contributed by atoms with Crippen molar-refractivity contribution in [3.05, 3.63) is 46.3 Å². The molecule has 0 unspecified atom stereocenters. The number of hydrogen-bond acceptors (Lipinski definition) is 3. The van der Waals surface area contributed by atoms with Crippen LogP contribution in [-0.4, -0.2) is 15.7 Å². The van der Waals surface area contributed by atoms with Gasteiger partial charge in [0.25, 0.3) is 0 Å². The first-order chi connectivity index (χ1) is 10.8. The van der Waals surface area contributed by atoms with Crippen LogP contribution < -0.4 is 4.74 Å². The zero-order valence-electron chi connectivity index (χ0n) is 14.9. The highest BCUT2D eigenvalue weighted by Crippen LogP contribution is 2.19. The number of aryl methyl sites for hydroxylation is 3. The van der Waals surface area contributed by atoms with Crippen LogP contribution in [-0.2, 0) is 17.8 Å². The van der Waals surface area contributed by atoms with Crippen molar-refractivity contribution in [2.75, 3.05) is 0 Å². The summed E-state index contributed by atoms with van der Waals surface area (Å²) in [7, 11) is 0. The van der Waals surface area contributed by atoms with Gasteiger partial charge >= 0.3 is 5.97 Å². The summed E-state index contributed by atoms with van der Waals surface area (Å²) in [6.07, 6.45) is 0.253. The summed E-state index contributed by atoms with van der Waals surface area (Å²) < 4.78 is 7.49. The normalized spacial score (nSPS) is 11.1. The zero-order valence-corrected chi connectivity index (χ0v) is 14.9. The molecule has 4 nitrogen and oxygen atoms in total. The molecule has 0 bridgehead atoms. The van der Waals surface area contributed by atoms with Crippen LogP contribution in [0.1, 0.15) is 41.9 Å². The maximum absolute atomic E-state index is 12.3. The molecule has 1 aromatic carbocycles. The summed E-state index contributed by atoms with van der Waals surface area (Å²) in [5.41, 5.74) is 5.10. The van der Waals surface area contributed by atoms with Gasteiger partial charge in [-0.1, -0.05) is 19.9 Å². The number of ether oxygens (including phenoxy) is 1. The van der Waals surface area contributed by atoms with Crippen LogP contribution in [0.2, 0.25) is 0 Å². The van der Waals surface area contributed by atoms with Crippen LogP contribution in [0.15, 0.2) is 18.2 Å². The molecule has 0 aliphatic carbocycles. The Balaban J connectivity index is 2.12. The zero-order chi connectivity index (χ0) is 17.1. The fourth-order valence-electron chi connectivity index (χ4n) is 2.82. The molecule has 1 aromatic heterocycles. The lowest BCUT2D eigenvalue weighted by atomic mass is 10.1. The van der Waals surface area contributed by atoms with E-state index in [1.54, 1.807) is 0 Å². The van der Waals surface area contributed by atoms with E-state index in [1.165, 1.54) is 0 Å². The van der Waals surface area contributed by atoms with E-state index in [-0.39, 0.29) is 12.4 Å². The van der Waals surface area contributed by atoms with Crippen LogP contribution in [0.5, 0.6) is 5.75 Å². The largest absolute Gasteiger partial charge is 0.426 e. The van der Waals surface area contributed by atoms with Crippen molar-refractivity contribution in [2.45, 2.75) is 54.5 Å². The molecule has 0 aliphatic rings. The lowest BCUT2D eigenvalue weighted by molar-refractivity contribution is -0.133. The number of nitrogens with zero attached hydrogens (tertiary/aromatic N) is 2. The molecule has 0 amide bonds. The number of benzene rings is 1. The van der Waals surface area contributed by atoms with Gasteiger partial charge in [-0.25, -0.2) is 0 Å². The topological polar surface area (TPSA) is 44.1 Å². The lowest BCUT2D eigenvalue weighted by Gasteiger charge is -2.09. The maximum Gasteiger partial charge on any atom is 0.315 e. The lowest BCUT2D eigenvalue weighted by Crippen LogP contribution is -2.13. The standard InChI is InChI=1S/C19H26N2O2/c1-12(2)11-21-16(6)18(15(5)20-21)10-19(22)23-17-8-13(3)7-14(4)9-17/h7-9,12H,10-11H2,1-6H3. The first-order valence-corrected chi connectivity index (χ1v) is 8.08. The van der Waals surface area contributed by atoms with Crippen LogP contribution in [0.3, 0.4) is 0 Å². The Morgan fingerprint density at radius 2 is 1.74 bits per heavy atom. The van der Waals surface area contributed by atoms with Crippen molar-refractivity contribution in [3.8, 4) is 5.75 Å². The molecule has 0 saturated heterocycles. The number of esters is 1. The third kappa shape index (κ3) is 4.44. The smallest absolute Gasteiger partial charge is 0.315 e. The highest BCUT2D eigenvalue weighted by Gasteiger charge is 2.17. The SMILES string of the molecule is Cc1cc(C)cc(OC(=O)Cc2c(C)nn(CC(C)C)c2C)c1. The highest BCUT2D eigenvalue weighted by molar-refractivity contribution is 5.75. The van der Waals surface area contributed by atoms with E-state index in [4.69, 9.17) is 4.74 Å². The average molecular weight is 314 g/mol. The van der Waals surface area contributed by atoms with E-state index in [0.29, 0.717) is 11.7 Å². The van der Waals surface area contributed by atoms with Gasteiger partial charge in [-0.3, -0.25) is 9.48 Å². The van der Waals surface area contributed by atoms with Gasteiger partial charge < -0.3 is 4.74 Å². The summed E-state index contributed by atoms with van der Waals surface area (Å²) in [6.45, 7) is 13.1. The Labute approximate surface area is 138 Å².